The number of primary sulfonamides is 1. The molecule has 3 rings (SSSR count). The van der Waals surface area contributed by atoms with Crippen LogP contribution in [0, 0.1) is 11.6 Å². The summed E-state index contributed by atoms with van der Waals surface area (Å²) >= 11 is 0. The molecule has 0 aliphatic rings. The molecule has 3 aromatic rings. The van der Waals surface area contributed by atoms with Gasteiger partial charge in [0.2, 0.25) is 15.8 Å². The molecule has 0 spiro atoms. The lowest BCUT2D eigenvalue weighted by atomic mass is 9.98. The molecule has 0 bridgehead atoms. The smallest absolute Gasteiger partial charge is 0.350 e. The fourth-order valence-electron chi connectivity index (χ4n) is 2.47. The molecule has 142 valence electrons. The predicted octanol–water partition coefficient (Wildman–Crippen LogP) is 3.95. The highest BCUT2D eigenvalue weighted by Gasteiger charge is 2.41. The molecule has 0 aliphatic heterocycles. The minimum absolute atomic E-state index is 0.0415. The Bertz CT molecular complexity index is 1120. The van der Waals surface area contributed by atoms with Crippen LogP contribution in [0.25, 0.3) is 22.4 Å². The zero-order chi connectivity index (χ0) is 20.0. The molecule has 2 aromatic carbocycles. The van der Waals surface area contributed by atoms with E-state index >= 15 is 0 Å². The van der Waals surface area contributed by atoms with Crippen molar-refractivity contribution < 1.29 is 34.9 Å². The molecule has 0 aliphatic carbocycles. The van der Waals surface area contributed by atoms with Crippen LogP contribution in [-0.4, -0.2) is 13.6 Å². The fraction of sp³-hybridized carbons (Fsp3) is 0.0625. The topological polar surface area (TPSA) is 86.2 Å². The summed E-state index contributed by atoms with van der Waals surface area (Å²) in [5.41, 5.74) is -1.45. The number of hydrogen-bond donors (Lipinski definition) is 1. The van der Waals surface area contributed by atoms with E-state index in [-0.39, 0.29) is 16.8 Å². The van der Waals surface area contributed by atoms with Crippen molar-refractivity contribution >= 4 is 10.0 Å². The third-order valence-electron chi connectivity index (χ3n) is 3.57. The highest BCUT2D eigenvalue weighted by Crippen LogP contribution is 2.43. The summed E-state index contributed by atoms with van der Waals surface area (Å²) in [6.07, 6.45) is -4.98. The van der Waals surface area contributed by atoms with Gasteiger partial charge in [-0.1, -0.05) is 23.4 Å². The second-order valence-electron chi connectivity index (χ2n) is 5.43. The van der Waals surface area contributed by atoms with Crippen LogP contribution >= 0.6 is 0 Å². The Morgan fingerprint density at radius 3 is 2.26 bits per heavy atom. The summed E-state index contributed by atoms with van der Waals surface area (Å²) in [7, 11) is -4.41. The number of halogens is 5. The van der Waals surface area contributed by atoms with E-state index in [1.807, 2.05) is 0 Å². The van der Waals surface area contributed by atoms with Gasteiger partial charge in [0.05, 0.1) is 5.56 Å². The van der Waals surface area contributed by atoms with Crippen LogP contribution in [-0.2, 0) is 16.2 Å². The molecule has 0 saturated carbocycles. The molecule has 0 radical (unpaired) electrons. The number of nitrogens with two attached hydrogens (primary N) is 1. The molecular weight excluding hydrogens is 395 g/mol. The van der Waals surface area contributed by atoms with Crippen molar-refractivity contribution in [1.82, 2.24) is 5.16 Å². The Morgan fingerprint density at radius 1 is 1.00 bits per heavy atom. The number of benzene rings is 2. The summed E-state index contributed by atoms with van der Waals surface area (Å²) < 4.78 is 94.4. The molecule has 0 saturated heterocycles. The average molecular weight is 404 g/mol. The van der Waals surface area contributed by atoms with Gasteiger partial charge in [0, 0.05) is 5.56 Å². The van der Waals surface area contributed by atoms with Crippen molar-refractivity contribution in [3.63, 3.8) is 0 Å². The minimum Gasteiger partial charge on any atom is -0.350 e. The van der Waals surface area contributed by atoms with Crippen LogP contribution in [0.5, 0.6) is 0 Å². The van der Waals surface area contributed by atoms with Gasteiger partial charge in [-0.3, -0.25) is 0 Å². The second kappa shape index (κ2) is 6.43. The van der Waals surface area contributed by atoms with Gasteiger partial charge < -0.3 is 4.52 Å². The average Bonchev–Trinajstić information content (AvgIpc) is 2.98. The number of nitrogens with zero attached hydrogens (tertiary/aromatic N) is 1. The minimum atomic E-state index is -4.98. The number of rotatable bonds is 3. The Balaban J connectivity index is 2.28. The molecule has 2 N–H and O–H groups in total. The van der Waals surface area contributed by atoms with Crippen LogP contribution in [0.2, 0.25) is 0 Å². The Morgan fingerprint density at radius 2 is 1.70 bits per heavy atom. The molecule has 0 atom stereocenters. The van der Waals surface area contributed by atoms with Gasteiger partial charge in [-0.2, -0.15) is 13.2 Å². The van der Waals surface area contributed by atoms with Crippen molar-refractivity contribution in [2.45, 2.75) is 11.1 Å². The third-order valence-corrected chi connectivity index (χ3v) is 4.52. The monoisotopic (exact) mass is 404 g/mol. The number of sulfonamides is 1. The van der Waals surface area contributed by atoms with Crippen molar-refractivity contribution in [3.05, 3.63) is 59.9 Å². The van der Waals surface area contributed by atoms with E-state index in [0.717, 1.165) is 24.3 Å². The largest absolute Gasteiger partial charge is 0.453 e. The highest BCUT2D eigenvalue weighted by atomic mass is 32.2. The first-order valence-electron chi connectivity index (χ1n) is 7.14. The second-order valence-corrected chi connectivity index (χ2v) is 6.96. The maximum Gasteiger partial charge on any atom is 0.453 e. The van der Waals surface area contributed by atoms with Crippen LogP contribution in [0.1, 0.15) is 5.76 Å². The van der Waals surface area contributed by atoms with Crippen molar-refractivity contribution in [1.29, 1.82) is 0 Å². The first kappa shape index (κ1) is 19.0. The van der Waals surface area contributed by atoms with Crippen LogP contribution < -0.4 is 5.14 Å². The van der Waals surface area contributed by atoms with Crippen molar-refractivity contribution in [2.24, 2.45) is 5.14 Å². The number of hydrogen-bond acceptors (Lipinski definition) is 4. The van der Waals surface area contributed by atoms with Crippen LogP contribution in [0.3, 0.4) is 0 Å². The Hall–Kier alpha value is -2.79. The van der Waals surface area contributed by atoms with Gasteiger partial charge >= 0.3 is 6.18 Å². The van der Waals surface area contributed by atoms with Crippen LogP contribution in [0.4, 0.5) is 22.0 Å². The van der Waals surface area contributed by atoms with Gasteiger partial charge in [0.25, 0.3) is 0 Å². The molecule has 5 nitrogen and oxygen atoms in total. The lowest BCUT2D eigenvalue weighted by Gasteiger charge is -2.09. The zero-order valence-electron chi connectivity index (χ0n) is 13.1. The maximum absolute atomic E-state index is 14.1. The van der Waals surface area contributed by atoms with Crippen LogP contribution in [0.15, 0.2) is 51.9 Å². The summed E-state index contributed by atoms with van der Waals surface area (Å²) in [5.74, 6) is -3.62. The van der Waals surface area contributed by atoms with Gasteiger partial charge in [0.15, 0.2) is 0 Å². The number of aromatic nitrogens is 1. The summed E-state index contributed by atoms with van der Waals surface area (Å²) in [6.45, 7) is 0. The highest BCUT2D eigenvalue weighted by molar-refractivity contribution is 7.89. The summed E-state index contributed by atoms with van der Waals surface area (Å²) in [4.78, 5) is -0.886. The molecule has 1 heterocycles. The standard InChI is InChI=1S/C16H9F5N2O3S/c17-10-3-1-2-9(6-10)14-13(15(26-23-14)16(19,20)21)8-4-5-12(11(18)7-8)27(22,24)25/h1-7H,(H2,22,24,25). The first-order valence-corrected chi connectivity index (χ1v) is 8.68. The fourth-order valence-corrected chi connectivity index (χ4v) is 3.06. The molecule has 0 fully saturated rings. The SMILES string of the molecule is NS(=O)(=O)c1ccc(-c2c(-c3cccc(F)c3)noc2C(F)(F)F)cc1F. The molecular formula is C16H9F5N2O3S. The van der Waals surface area contributed by atoms with E-state index in [2.05, 4.69) is 9.68 Å². The first-order chi connectivity index (χ1) is 12.5. The maximum atomic E-state index is 14.1. The van der Waals surface area contributed by atoms with Crippen molar-refractivity contribution in [3.8, 4) is 22.4 Å². The normalized spacial score (nSPS) is 12.4. The Kier molecular flexibility index (Phi) is 4.52. The van der Waals surface area contributed by atoms with E-state index in [9.17, 15) is 30.4 Å². The van der Waals surface area contributed by atoms with E-state index in [0.29, 0.717) is 6.07 Å². The molecule has 0 amide bonds. The van der Waals surface area contributed by atoms with E-state index in [4.69, 9.17) is 5.14 Å². The van der Waals surface area contributed by atoms with Gasteiger partial charge in [0.1, 0.15) is 22.2 Å². The zero-order valence-corrected chi connectivity index (χ0v) is 13.9. The summed E-state index contributed by atoms with van der Waals surface area (Å²) in [5, 5.41) is 8.19. The summed E-state index contributed by atoms with van der Waals surface area (Å²) in [6, 6.07) is 6.76. The van der Waals surface area contributed by atoms with Gasteiger partial charge in [-0.25, -0.2) is 22.3 Å². The quantitative estimate of drug-likeness (QED) is 0.670. The lowest BCUT2D eigenvalue weighted by molar-refractivity contribution is -0.154. The van der Waals surface area contributed by atoms with E-state index in [1.54, 1.807) is 0 Å². The predicted molar refractivity (Wildman–Crippen MR) is 83.7 cm³/mol. The molecule has 11 heteroatoms. The van der Waals surface area contributed by atoms with E-state index < -0.39 is 44.1 Å². The number of alkyl halides is 3. The Labute approximate surface area is 149 Å². The molecule has 0 unspecified atom stereocenters. The third kappa shape index (κ3) is 3.69. The van der Waals surface area contributed by atoms with E-state index in [1.165, 1.54) is 12.1 Å². The lowest BCUT2D eigenvalue weighted by Crippen LogP contribution is -2.14. The van der Waals surface area contributed by atoms with Crippen molar-refractivity contribution in [2.75, 3.05) is 0 Å². The van der Waals surface area contributed by atoms with Gasteiger partial charge in [-0.05, 0) is 29.8 Å². The molecule has 1 aromatic heterocycles. The van der Waals surface area contributed by atoms with Gasteiger partial charge in [-0.15, -0.1) is 0 Å². The molecule has 27 heavy (non-hydrogen) atoms.